The van der Waals surface area contributed by atoms with Gasteiger partial charge in [0.1, 0.15) is 6.54 Å². The van der Waals surface area contributed by atoms with Crippen molar-refractivity contribution in [3.05, 3.63) is 51.4 Å². The van der Waals surface area contributed by atoms with Gasteiger partial charge in [-0.25, -0.2) is 4.98 Å². The second-order valence-electron chi connectivity index (χ2n) is 4.75. The Morgan fingerprint density at radius 2 is 2.00 bits per heavy atom. The number of benzene rings is 1. The summed E-state index contributed by atoms with van der Waals surface area (Å²) in [5.74, 6) is -1.23. The van der Waals surface area contributed by atoms with Crippen molar-refractivity contribution in [2.45, 2.75) is 19.4 Å². The third-order valence-corrected chi connectivity index (χ3v) is 3.93. The summed E-state index contributed by atoms with van der Waals surface area (Å²) < 4.78 is 0. The molecule has 0 aliphatic rings. The molecule has 1 aromatic carbocycles. The molecule has 22 heavy (non-hydrogen) atoms. The number of rotatable bonds is 7. The van der Waals surface area contributed by atoms with Gasteiger partial charge >= 0.3 is 5.97 Å². The molecule has 7 heteroatoms. The van der Waals surface area contributed by atoms with E-state index < -0.39 is 5.97 Å². The first-order chi connectivity index (χ1) is 10.5. The molecule has 0 aliphatic heterocycles. The minimum atomic E-state index is -1.03. The lowest BCUT2D eigenvalue weighted by atomic mass is 10.2. The highest BCUT2D eigenvalue weighted by molar-refractivity contribution is 7.07. The standard InChI is InChI=1S/C15H15ClN2O3S/c16-12-3-1-11(2-4-12)7-18(8-15(20)21)14(19)6-5-13-9-22-10-17-13/h1-4,9-10H,5-8H2,(H,20,21). The Kier molecular flexibility index (Phi) is 5.91. The summed E-state index contributed by atoms with van der Waals surface area (Å²) >= 11 is 7.29. The highest BCUT2D eigenvalue weighted by Crippen LogP contribution is 2.13. The van der Waals surface area contributed by atoms with Gasteiger partial charge in [0, 0.05) is 23.4 Å². The average Bonchev–Trinajstić information content (AvgIpc) is 2.99. The topological polar surface area (TPSA) is 70.5 Å². The summed E-state index contributed by atoms with van der Waals surface area (Å²) in [6.45, 7) is -0.0715. The Labute approximate surface area is 137 Å². The Morgan fingerprint density at radius 1 is 1.27 bits per heavy atom. The number of amides is 1. The third kappa shape index (κ3) is 5.13. The van der Waals surface area contributed by atoms with Gasteiger partial charge in [-0.1, -0.05) is 23.7 Å². The van der Waals surface area contributed by atoms with E-state index in [0.717, 1.165) is 11.3 Å². The summed E-state index contributed by atoms with van der Waals surface area (Å²) in [5.41, 5.74) is 3.40. The molecular weight excluding hydrogens is 324 g/mol. The zero-order valence-electron chi connectivity index (χ0n) is 11.7. The zero-order valence-corrected chi connectivity index (χ0v) is 13.3. The summed E-state index contributed by atoms with van der Waals surface area (Å²) in [6, 6.07) is 7.00. The highest BCUT2D eigenvalue weighted by Gasteiger charge is 2.17. The van der Waals surface area contributed by atoms with Crippen LogP contribution in [0.5, 0.6) is 0 Å². The minimum absolute atomic E-state index is 0.203. The number of carbonyl (C=O) groups is 2. The summed E-state index contributed by atoms with van der Waals surface area (Å²) in [7, 11) is 0. The quantitative estimate of drug-likeness (QED) is 0.842. The predicted molar refractivity (Wildman–Crippen MR) is 84.9 cm³/mol. The number of hydrogen-bond donors (Lipinski definition) is 1. The van der Waals surface area contributed by atoms with Crippen molar-refractivity contribution >= 4 is 34.8 Å². The molecule has 0 saturated heterocycles. The fourth-order valence-electron chi connectivity index (χ4n) is 1.96. The minimum Gasteiger partial charge on any atom is -0.480 e. The number of carbonyl (C=O) groups excluding carboxylic acids is 1. The van der Waals surface area contributed by atoms with Crippen LogP contribution in [-0.4, -0.2) is 33.4 Å². The van der Waals surface area contributed by atoms with Gasteiger partial charge in [-0.15, -0.1) is 11.3 Å². The predicted octanol–water partition coefficient (Wildman–Crippen LogP) is 2.84. The first kappa shape index (κ1) is 16.5. The van der Waals surface area contributed by atoms with E-state index in [9.17, 15) is 9.59 Å². The molecule has 0 bridgehead atoms. The molecule has 0 aliphatic carbocycles. The molecule has 2 rings (SSSR count). The van der Waals surface area contributed by atoms with Crippen LogP contribution in [0.4, 0.5) is 0 Å². The van der Waals surface area contributed by atoms with Crippen molar-refractivity contribution in [3.8, 4) is 0 Å². The first-order valence-corrected chi connectivity index (χ1v) is 7.98. The SMILES string of the molecule is O=C(O)CN(Cc1ccc(Cl)cc1)C(=O)CCc1cscn1. The number of aliphatic carboxylic acids is 1. The van der Waals surface area contributed by atoms with Gasteiger partial charge in [-0.2, -0.15) is 0 Å². The molecule has 0 spiro atoms. The van der Waals surface area contributed by atoms with Crippen molar-refractivity contribution in [1.29, 1.82) is 0 Å². The Balaban J connectivity index is 1.99. The molecule has 5 nitrogen and oxygen atoms in total. The largest absolute Gasteiger partial charge is 0.480 e. The van der Waals surface area contributed by atoms with Crippen LogP contribution in [0, 0.1) is 0 Å². The lowest BCUT2D eigenvalue weighted by Gasteiger charge is -2.20. The smallest absolute Gasteiger partial charge is 0.323 e. The molecule has 0 fully saturated rings. The number of aromatic nitrogens is 1. The van der Waals surface area contributed by atoms with Crippen LogP contribution in [0.1, 0.15) is 17.7 Å². The van der Waals surface area contributed by atoms with Crippen molar-refractivity contribution in [1.82, 2.24) is 9.88 Å². The normalized spacial score (nSPS) is 10.4. The number of thiazole rings is 1. The van der Waals surface area contributed by atoms with Crippen LogP contribution >= 0.6 is 22.9 Å². The van der Waals surface area contributed by atoms with Crippen molar-refractivity contribution < 1.29 is 14.7 Å². The van der Waals surface area contributed by atoms with Crippen LogP contribution in [0.15, 0.2) is 35.2 Å². The molecule has 116 valence electrons. The van der Waals surface area contributed by atoms with E-state index in [0.29, 0.717) is 11.4 Å². The maximum atomic E-state index is 12.3. The van der Waals surface area contributed by atoms with Gasteiger partial charge in [0.25, 0.3) is 0 Å². The van der Waals surface area contributed by atoms with Crippen LogP contribution < -0.4 is 0 Å². The first-order valence-electron chi connectivity index (χ1n) is 6.65. The van der Waals surface area contributed by atoms with Crippen molar-refractivity contribution in [2.24, 2.45) is 0 Å². The van der Waals surface area contributed by atoms with E-state index in [1.165, 1.54) is 16.2 Å². The number of carboxylic acid groups (broad SMARTS) is 1. The third-order valence-electron chi connectivity index (χ3n) is 3.04. The number of nitrogens with zero attached hydrogens (tertiary/aromatic N) is 2. The zero-order chi connectivity index (χ0) is 15.9. The molecule has 1 aromatic heterocycles. The molecule has 0 radical (unpaired) electrons. The monoisotopic (exact) mass is 338 g/mol. The van der Waals surface area contributed by atoms with Crippen LogP contribution in [0.3, 0.4) is 0 Å². The molecule has 2 aromatic rings. The summed E-state index contributed by atoms with van der Waals surface area (Å²) in [6.07, 6.45) is 0.754. The second-order valence-corrected chi connectivity index (χ2v) is 5.90. The Hall–Kier alpha value is -1.92. The van der Waals surface area contributed by atoms with Crippen LogP contribution in [0.25, 0.3) is 0 Å². The molecule has 0 atom stereocenters. The average molecular weight is 339 g/mol. The van der Waals surface area contributed by atoms with E-state index >= 15 is 0 Å². The number of hydrogen-bond acceptors (Lipinski definition) is 4. The fourth-order valence-corrected chi connectivity index (χ4v) is 2.68. The van der Waals surface area contributed by atoms with Gasteiger partial charge < -0.3 is 10.0 Å². The van der Waals surface area contributed by atoms with Crippen molar-refractivity contribution in [2.75, 3.05) is 6.54 Å². The van der Waals surface area contributed by atoms with E-state index in [1.54, 1.807) is 29.8 Å². The van der Waals surface area contributed by atoms with Gasteiger partial charge in [-0.05, 0) is 24.1 Å². The van der Waals surface area contributed by atoms with Gasteiger partial charge in [0.2, 0.25) is 5.91 Å². The van der Waals surface area contributed by atoms with Gasteiger partial charge in [0.05, 0.1) is 11.2 Å². The number of carboxylic acids is 1. The molecular formula is C15H15ClN2O3S. The van der Waals surface area contributed by atoms with E-state index in [-0.39, 0.29) is 25.4 Å². The van der Waals surface area contributed by atoms with Gasteiger partial charge in [0.15, 0.2) is 0 Å². The van der Waals surface area contributed by atoms with Gasteiger partial charge in [-0.3, -0.25) is 9.59 Å². The lowest BCUT2D eigenvalue weighted by Crippen LogP contribution is -2.35. The molecule has 1 heterocycles. The molecule has 0 unspecified atom stereocenters. The van der Waals surface area contributed by atoms with E-state index in [1.807, 2.05) is 5.38 Å². The highest BCUT2D eigenvalue weighted by atomic mass is 35.5. The van der Waals surface area contributed by atoms with E-state index in [4.69, 9.17) is 16.7 Å². The number of halogens is 1. The second kappa shape index (κ2) is 7.91. The maximum absolute atomic E-state index is 12.3. The molecule has 0 saturated carbocycles. The molecule has 1 amide bonds. The summed E-state index contributed by atoms with van der Waals surface area (Å²) in [4.78, 5) is 28.7. The summed E-state index contributed by atoms with van der Waals surface area (Å²) in [5, 5.41) is 11.5. The fraction of sp³-hybridized carbons (Fsp3) is 0.267. The molecule has 1 N–H and O–H groups in total. The Morgan fingerprint density at radius 3 is 2.59 bits per heavy atom. The lowest BCUT2D eigenvalue weighted by molar-refractivity contribution is -0.144. The Bertz CT molecular complexity index is 629. The van der Waals surface area contributed by atoms with Crippen LogP contribution in [0.2, 0.25) is 5.02 Å². The van der Waals surface area contributed by atoms with Crippen molar-refractivity contribution in [3.63, 3.8) is 0 Å². The maximum Gasteiger partial charge on any atom is 0.323 e. The van der Waals surface area contributed by atoms with Crippen LogP contribution in [-0.2, 0) is 22.6 Å². The van der Waals surface area contributed by atoms with E-state index in [2.05, 4.69) is 4.98 Å². The number of aryl methyl sites for hydroxylation is 1.